The van der Waals surface area contributed by atoms with E-state index in [1.807, 2.05) is 30.5 Å². The van der Waals surface area contributed by atoms with Crippen molar-refractivity contribution in [3.8, 4) is 0 Å². The van der Waals surface area contributed by atoms with E-state index in [2.05, 4.69) is 29.8 Å². The number of hydrogen-bond acceptors (Lipinski definition) is 3. The standard InChI is InChI=1S/C26H35N3O2/c1-17-12-13-20(15-19(27)14-18(17)2)28-26(31)23-16-29(21-8-4-3-5-9-21)24-11-7-6-10-22(24)25(23)30/h6-7,10-12,16,18-21H,3-5,8-9,13-15,27H2,1-2H3,(H,28,31). The molecule has 0 bridgehead atoms. The third kappa shape index (κ3) is 4.77. The van der Waals surface area contributed by atoms with Gasteiger partial charge in [0.05, 0.1) is 5.52 Å². The molecule has 0 saturated heterocycles. The molecule has 166 valence electrons. The van der Waals surface area contributed by atoms with Gasteiger partial charge in [-0.25, -0.2) is 0 Å². The van der Waals surface area contributed by atoms with Crippen LogP contribution in [0.2, 0.25) is 0 Å². The van der Waals surface area contributed by atoms with Gasteiger partial charge in [-0.05, 0) is 57.1 Å². The van der Waals surface area contributed by atoms with Crippen molar-refractivity contribution in [3.63, 3.8) is 0 Å². The number of benzene rings is 1. The molecule has 2 aliphatic rings. The molecule has 3 unspecified atom stereocenters. The van der Waals surface area contributed by atoms with E-state index in [1.165, 1.54) is 24.8 Å². The summed E-state index contributed by atoms with van der Waals surface area (Å²) < 4.78 is 2.18. The number of fused-ring (bicyclic) bond motifs is 1. The van der Waals surface area contributed by atoms with Gasteiger partial charge in [0.1, 0.15) is 5.56 Å². The number of rotatable bonds is 3. The first kappa shape index (κ1) is 21.8. The molecule has 0 radical (unpaired) electrons. The number of hydrogen-bond donors (Lipinski definition) is 2. The maximum Gasteiger partial charge on any atom is 0.257 e. The van der Waals surface area contributed by atoms with Gasteiger partial charge in [-0.15, -0.1) is 0 Å². The quantitative estimate of drug-likeness (QED) is 0.705. The first-order chi connectivity index (χ1) is 14.9. The number of amides is 1. The van der Waals surface area contributed by atoms with E-state index in [-0.39, 0.29) is 29.0 Å². The highest BCUT2D eigenvalue weighted by Crippen LogP contribution is 2.30. The molecule has 2 aliphatic carbocycles. The van der Waals surface area contributed by atoms with Crippen LogP contribution in [0.4, 0.5) is 0 Å². The molecule has 1 saturated carbocycles. The second kappa shape index (κ2) is 9.39. The fourth-order valence-electron chi connectivity index (χ4n) is 5.23. The fraction of sp³-hybridized carbons (Fsp3) is 0.538. The fourth-order valence-corrected chi connectivity index (χ4v) is 5.23. The second-order valence-electron chi connectivity index (χ2n) is 9.57. The molecule has 3 atom stereocenters. The van der Waals surface area contributed by atoms with E-state index in [9.17, 15) is 9.59 Å². The van der Waals surface area contributed by atoms with Gasteiger partial charge in [-0.2, -0.15) is 0 Å². The van der Waals surface area contributed by atoms with Crippen LogP contribution in [-0.4, -0.2) is 22.6 Å². The van der Waals surface area contributed by atoms with Crippen LogP contribution in [0.15, 0.2) is 46.9 Å². The van der Waals surface area contributed by atoms with Gasteiger partial charge in [0.25, 0.3) is 5.91 Å². The molecule has 31 heavy (non-hydrogen) atoms. The van der Waals surface area contributed by atoms with Crippen LogP contribution in [0.5, 0.6) is 0 Å². The number of carbonyl (C=O) groups is 1. The van der Waals surface area contributed by atoms with Gasteiger partial charge in [0, 0.05) is 29.7 Å². The van der Waals surface area contributed by atoms with Crippen molar-refractivity contribution >= 4 is 16.8 Å². The summed E-state index contributed by atoms with van der Waals surface area (Å²) >= 11 is 0. The monoisotopic (exact) mass is 421 g/mol. The van der Waals surface area contributed by atoms with Gasteiger partial charge < -0.3 is 15.6 Å². The minimum absolute atomic E-state index is 0.0412. The molecule has 2 aromatic rings. The summed E-state index contributed by atoms with van der Waals surface area (Å²) in [7, 11) is 0. The Balaban J connectivity index is 1.66. The molecule has 5 nitrogen and oxygen atoms in total. The molecular weight excluding hydrogens is 386 g/mol. The summed E-state index contributed by atoms with van der Waals surface area (Å²) in [6, 6.07) is 8.00. The van der Waals surface area contributed by atoms with E-state index in [0.29, 0.717) is 17.3 Å². The summed E-state index contributed by atoms with van der Waals surface area (Å²) in [5.74, 6) is 0.187. The van der Waals surface area contributed by atoms with Gasteiger partial charge >= 0.3 is 0 Å². The zero-order chi connectivity index (χ0) is 22.0. The lowest BCUT2D eigenvalue weighted by Gasteiger charge is -2.28. The first-order valence-electron chi connectivity index (χ1n) is 11.8. The van der Waals surface area contributed by atoms with E-state index >= 15 is 0 Å². The Morgan fingerprint density at radius 3 is 2.65 bits per heavy atom. The number of aromatic nitrogens is 1. The van der Waals surface area contributed by atoms with Crippen LogP contribution >= 0.6 is 0 Å². The zero-order valence-electron chi connectivity index (χ0n) is 18.8. The van der Waals surface area contributed by atoms with Crippen molar-refractivity contribution in [1.29, 1.82) is 0 Å². The number of nitrogens with one attached hydrogen (secondary N) is 1. The summed E-state index contributed by atoms with van der Waals surface area (Å²) in [5.41, 5.74) is 8.65. The summed E-state index contributed by atoms with van der Waals surface area (Å²) in [6.07, 6.45) is 12.2. The molecule has 1 fully saturated rings. The average molecular weight is 422 g/mol. The predicted molar refractivity (Wildman–Crippen MR) is 126 cm³/mol. The first-order valence-corrected chi connectivity index (χ1v) is 11.8. The molecule has 0 spiro atoms. The smallest absolute Gasteiger partial charge is 0.257 e. The van der Waals surface area contributed by atoms with Crippen LogP contribution in [0.25, 0.3) is 10.9 Å². The van der Waals surface area contributed by atoms with Crippen LogP contribution < -0.4 is 16.5 Å². The Hall–Kier alpha value is -2.40. The van der Waals surface area contributed by atoms with Gasteiger partial charge in [0.2, 0.25) is 5.43 Å². The van der Waals surface area contributed by atoms with Crippen LogP contribution in [0.1, 0.15) is 81.6 Å². The van der Waals surface area contributed by atoms with Crippen LogP contribution in [-0.2, 0) is 0 Å². The molecule has 4 rings (SSSR count). The maximum absolute atomic E-state index is 13.3. The number of nitrogens with zero attached hydrogens (tertiary/aromatic N) is 1. The number of allylic oxidation sites excluding steroid dienone is 1. The minimum Gasteiger partial charge on any atom is -0.349 e. The Kier molecular flexibility index (Phi) is 6.61. The van der Waals surface area contributed by atoms with Crippen LogP contribution in [0.3, 0.4) is 0 Å². The topological polar surface area (TPSA) is 77.1 Å². The summed E-state index contributed by atoms with van der Waals surface area (Å²) in [5, 5.41) is 3.75. The third-order valence-corrected chi connectivity index (χ3v) is 7.23. The Labute approximate surface area is 184 Å². The number of para-hydroxylation sites is 1. The molecule has 3 N–H and O–H groups in total. The number of nitrogens with two attached hydrogens (primary N) is 1. The molecule has 5 heteroatoms. The van der Waals surface area contributed by atoms with E-state index < -0.39 is 0 Å². The van der Waals surface area contributed by atoms with Gasteiger partial charge in [0.15, 0.2) is 0 Å². The second-order valence-corrected chi connectivity index (χ2v) is 9.57. The Morgan fingerprint density at radius 2 is 1.87 bits per heavy atom. The van der Waals surface area contributed by atoms with Crippen molar-refractivity contribution in [2.24, 2.45) is 11.7 Å². The Bertz CT molecular complexity index is 1030. The lowest BCUT2D eigenvalue weighted by molar-refractivity contribution is 0.0931. The normalized spacial score (nSPS) is 25.5. The number of pyridine rings is 1. The molecule has 1 aromatic carbocycles. The van der Waals surface area contributed by atoms with E-state index in [0.717, 1.165) is 37.6 Å². The zero-order valence-corrected chi connectivity index (χ0v) is 18.8. The highest BCUT2D eigenvalue weighted by Gasteiger charge is 2.24. The summed E-state index contributed by atoms with van der Waals surface area (Å²) in [4.78, 5) is 26.5. The SMILES string of the molecule is CC1=CCC(NC(=O)c2cn(C3CCCCC3)c3ccccc3c2=O)CC(N)CC1C. The average Bonchev–Trinajstić information content (AvgIpc) is 2.77. The molecular formula is C26H35N3O2. The highest BCUT2D eigenvalue weighted by molar-refractivity contribution is 5.97. The highest BCUT2D eigenvalue weighted by atomic mass is 16.2. The lowest BCUT2D eigenvalue weighted by Crippen LogP contribution is -2.42. The maximum atomic E-state index is 13.3. The lowest BCUT2D eigenvalue weighted by atomic mass is 9.87. The van der Waals surface area contributed by atoms with Gasteiger partial charge in [-0.1, -0.05) is 50.0 Å². The number of carbonyl (C=O) groups excluding carboxylic acids is 1. The molecule has 1 heterocycles. The predicted octanol–water partition coefficient (Wildman–Crippen LogP) is 4.70. The minimum atomic E-state index is -0.280. The largest absolute Gasteiger partial charge is 0.349 e. The van der Waals surface area contributed by atoms with Crippen molar-refractivity contribution in [3.05, 3.63) is 57.9 Å². The van der Waals surface area contributed by atoms with Crippen molar-refractivity contribution in [2.75, 3.05) is 0 Å². The van der Waals surface area contributed by atoms with Crippen molar-refractivity contribution < 1.29 is 4.79 Å². The van der Waals surface area contributed by atoms with Crippen LogP contribution in [0, 0.1) is 5.92 Å². The van der Waals surface area contributed by atoms with E-state index in [1.54, 1.807) is 0 Å². The Morgan fingerprint density at radius 1 is 1.13 bits per heavy atom. The molecule has 1 aromatic heterocycles. The third-order valence-electron chi connectivity index (χ3n) is 7.23. The van der Waals surface area contributed by atoms with E-state index in [4.69, 9.17) is 5.73 Å². The molecule has 0 aliphatic heterocycles. The van der Waals surface area contributed by atoms with Gasteiger partial charge in [-0.3, -0.25) is 9.59 Å². The molecule has 1 amide bonds. The summed E-state index contributed by atoms with van der Waals surface area (Å²) in [6.45, 7) is 4.33. The van der Waals surface area contributed by atoms with Crippen molar-refractivity contribution in [2.45, 2.75) is 83.3 Å². The van der Waals surface area contributed by atoms with Crippen molar-refractivity contribution in [1.82, 2.24) is 9.88 Å².